The van der Waals surface area contributed by atoms with Gasteiger partial charge in [0.1, 0.15) is 5.82 Å². The highest BCUT2D eigenvalue weighted by atomic mass is 15.3. The predicted octanol–water partition coefficient (Wildman–Crippen LogP) is 2.84. The summed E-state index contributed by atoms with van der Waals surface area (Å²) in [7, 11) is 0. The van der Waals surface area contributed by atoms with E-state index >= 15 is 0 Å². The molecule has 0 spiro atoms. The third kappa shape index (κ3) is 1.86. The van der Waals surface area contributed by atoms with E-state index in [1.807, 2.05) is 0 Å². The van der Waals surface area contributed by atoms with Crippen LogP contribution >= 0.6 is 0 Å². The van der Waals surface area contributed by atoms with Gasteiger partial charge in [0.2, 0.25) is 0 Å². The number of rotatable bonds is 1. The normalized spacial score (nSPS) is 19.1. The molecular formula is C14H17N3. The van der Waals surface area contributed by atoms with Gasteiger partial charge >= 0.3 is 0 Å². The Kier molecular flexibility index (Phi) is 2.46. The van der Waals surface area contributed by atoms with Crippen molar-refractivity contribution in [3.8, 4) is 11.4 Å². The fourth-order valence-electron chi connectivity index (χ4n) is 2.48. The Hall–Kier alpha value is -1.64. The lowest BCUT2D eigenvalue weighted by molar-refractivity contribution is 0.411. The monoisotopic (exact) mass is 227 g/mol. The second-order valence-corrected chi connectivity index (χ2v) is 5.06. The highest BCUT2D eigenvalue weighted by Gasteiger charge is 2.20. The van der Waals surface area contributed by atoms with Gasteiger partial charge in [-0.3, -0.25) is 0 Å². The van der Waals surface area contributed by atoms with Gasteiger partial charge in [0.05, 0.1) is 0 Å². The second kappa shape index (κ2) is 3.99. The van der Waals surface area contributed by atoms with Crippen LogP contribution in [0.2, 0.25) is 0 Å². The molecule has 2 aromatic rings. The molecule has 88 valence electrons. The molecule has 0 fully saturated rings. The zero-order valence-corrected chi connectivity index (χ0v) is 10.3. The summed E-state index contributed by atoms with van der Waals surface area (Å²) in [5.74, 6) is 2.90. The molecule has 0 saturated carbocycles. The molecule has 0 N–H and O–H groups in total. The van der Waals surface area contributed by atoms with E-state index in [2.05, 4.69) is 52.9 Å². The standard InChI is InChI=1S/C14H17N3/c1-10-4-3-5-12(8-10)14-16-15-13-9-11(2)6-7-17(13)14/h3-5,8,11H,6-7,9H2,1-2H3. The Labute approximate surface area is 101 Å². The zero-order chi connectivity index (χ0) is 11.8. The summed E-state index contributed by atoms with van der Waals surface area (Å²) in [6.45, 7) is 5.44. The molecule has 1 aliphatic heterocycles. The summed E-state index contributed by atoms with van der Waals surface area (Å²) in [5.41, 5.74) is 2.45. The molecule has 3 nitrogen and oxygen atoms in total. The third-order valence-corrected chi connectivity index (χ3v) is 3.48. The number of nitrogens with zero attached hydrogens (tertiary/aromatic N) is 3. The molecule has 0 bridgehead atoms. The lowest BCUT2D eigenvalue weighted by Crippen LogP contribution is -2.17. The maximum absolute atomic E-state index is 4.36. The summed E-state index contributed by atoms with van der Waals surface area (Å²) in [6.07, 6.45) is 2.28. The Bertz CT molecular complexity index is 542. The average Bonchev–Trinajstić information content (AvgIpc) is 2.71. The van der Waals surface area contributed by atoms with Crippen LogP contribution in [0.4, 0.5) is 0 Å². The first-order valence-electron chi connectivity index (χ1n) is 6.23. The summed E-state index contributed by atoms with van der Waals surface area (Å²) in [6, 6.07) is 8.48. The van der Waals surface area contributed by atoms with E-state index in [-0.39, 0.29) is 0 Å². The highest BCUT2D eigenvalue weighted by Crippen LogP contribution is 2.25. The molecule has 1 aromatic carbocycles. The summed E-state index contributed by atoms with van der Waals surface area (Å²) >= 11 is 0. The lowest BCUT2D eigenvalue weighted by atomic mass is 10.00. The van der Waals surface area contributed by atoms with Crippen molar-refractivity contribution < 1.29 is 0 Å². The van der Waals surface area contributed by atoms with Crippen LogP contribution in [0.25, 0.3) is 11.4 Å². The minimum absolute atomic E-state index is 0.733. The minimum atomic E-state index is 0.733. The quantitative estimate of drug-likeness (QED) is 0.750. The topological polar surface area (TPSA) is 30.7 Å². The molecular weight excluding hydrogens is 210 g/mol. The van der Waals surface area contributed by atoms with E-state index in [1.54, 1.807) is 0 Å². The SMILES string of the molecule is Cc1cccc(-c2nnc3n2CCC(C)C3)c1. The second-order valence-electron chi connectivity index (χ2n) is 5.06. The van der Waals surface area contributed by atoms with Gasteiger partial charge in [-0.05, 0) is 25.3 Å². The van der Waals surface area contributed by atoms with E-state index < -0.39 is 0 Å². The molecule has 1 aromatic heterocycles. The molecule has 0 amide bonds. The van der Waals surface area contributed by atoms with Crippen molar-refractivity contribution in [2.24, 2.45) is 5.92 Å². The first-order valence-corrected chi connectivity index (χ1v) is 6.23. The van der Waals surface area contributed by atoms with Gasteiger partial charge in [-0.15, -0.1) is 10.2 Å². The van der Waals surface area contributed by atoms with Gasteiger partial charge in [0, 0.05) is 18.5 Å². The van der Waals surface area contributed by atoms with Crippen LogP contribution in [0.15, 0.2) is 24.3 Å². The van der Waals surface area contributed by atoms with Gasteiger partial charge in [0.15, 0.2) is 5.82 Å². The van der Waals surface area contributed by atoms with Crippen molar-refractivity contribution in [3.63, 3.8) is 0 Å². The molecule has 1 atom stereocenters. The number of benzene rings is 1. The van der Waals surface area contributed by atoms with Crippen LogP contribution in [-0.4, -0.2) is 14.8 Å². The lowest BCUT2D eigenvalue weighted by Gasteiger charge is -2.20. The molecule has 0 aliphatic carbocycles. The molecule has 0 saturated heterocycles. The maximum atomic E-state index is 4.36. The van der Waals surface area contributed by atoms with E-state index in [9.17, 15) is 0 Å². The summed E-state index contributed by atoms with van der Waals surface area (Å²) in [5, 5.41) is 8.68. The molecule has 1 aliphatic rings. The summed E-state index contributed by atoms with van der Waals surface area (Å²) < 4.78 is 2.27. The van der Waals surface area contributed by atoms with Crippen molar-refractivity contribution >= 4 is 0 Å². The average molecular weight is 227 g/mol. The zero-order valence-electron chi connectivity index (χ0n) is 10.3. The number of fused-ring (bicyclic) bond motifs is 1. The van der Waals surface area contributed by atoms with Crippen LogP contribution in [0, 0.1) is 12.8 Å². The van der Waals surface area contributed by atoms with Crippen LogP contribution < -0.4 is 0 Å². The van der Waals surface area contributed by atoms with Crippen LogP contribution in [0.5, 0.6) is 0 Å². The number of aromatic nitrogens is 3. The van der Waals surface area contributed by atoms with Crippen LogP contribution in [0.3, 0.4) is 0 Å². The number of hydrogen-bond acceptors (Lipinski definition) is 2. The van der Waals surface area contributed by atoms with E-state index in [0.29, 0.717) is 0 Å². The Morgan fingerprint density at radius 1 is 1.29 bits per heavy atom. The Morgan fingerprint density at radius 2 is 2.18 bits per heavy atom. The Morgan fingerprint density at radius 3 is 3.00 bits per heavy atom. The van der Waals surface area contributed by atoms with Crippen molar-refractivity contribution in [3.05, 3.63) is 35.7 Å². The fraction of sp³-hybridized carbons (Fsp3) is 0.429. The van der Waals surface area contributed by atoms with E-state index in [1.165, 1.54) is 17.5 Å². The third-order valence-electron chi connectivity index (χ3n) is 3.48. The van der Waals surface area contributed by atoms with Gasteiger partial charge in [-0.25, -0.2) is 0 Å². The fourth-order valence-corrected chi connectivity index (χ4v) is 2.48. The van der Waals surface area contributed by atoms with Crippen molar-refractivity contribution in [2.75, 3.05) is 0 Å². The van der Waals surface area contributed by atoms with E-state index in [0.717, 1.165) is 30.5 Å². The first-order chi connectivity index (χ1) is 8.24. The van der Waals surface area contributed by atoms with Gasteiger partial charge in [-0.1, -0.05) is 30.7 Å². The van der Waals surface area contributed by atoms with Crippen LogP contribution in [0.1, 0.15) is 24.7 Å². The molecule has 2 heterocycles. The van der Waals surface area contributed by atoms with Crippen molar-refractivity contribution in [1.29, 1.82) is 0 Å². The molecule has 1 unspecified atom stereocenters. The van der Waals surface area contributed by atoms with Crippen molar-refractivity contribution in [1.82, 2.24) is 14.8 Å². The van der Waals surface area contributed by atoms with Gasteiger partial charge in [0.25, 0.3) is 0 Å². The molecule has 3 heteroatoms. The molecule has 17 heavy (non-hydrogen) atoms. The molecule has 3 rings (SSSR count). The Balaban J connectivity index is 2.05. The van der Waals surface area contributed by atoms with Crippen molar-refractivity contribution in [2.45, 2.75) is 33.2 Å². The first kappa shape index (κ1) is 10.5. The number of aryl methyl sites for hydroxylation is 1. The van der Waals surface area contributed by atoms with Gasteiger partial charge < -0.3 is 4.57 Å². The minimum Gasteiger partial charge on any atom is -0.311 e. The smallest absolute Gasteiger partial charge is 0.163 e. The summed E-state index contributed by atoms with van der Waals surface area (Å²) in [4.78, 5) is 0. The van der Waals surface area contributed by atoms with Gasteiger partial charge in [-0.2, -0.15) is 0 Å². The molecule has 0 radical (unpaired) electrons. The largest absolute Gasteiger partial charge is 0.311 e. The number of hydrogen-bond donors (Lipinski definition) is 0. The van der Waals surface area contributed by atoms with Crippen LogP contribution in [-0.2, 0) is 13.0 Å². The predicted molar refractivity (Wildman–Crippen MR) is 67.7 cm³/mol. The maximum Gasteiger partial charge on any atom is 0.163 e. The highest BCUT2D eigenvalue weighted by molar-refractivity contribution is 5.56. The van der Waals surface area contributed by atoms with E-state index in [4.69, 9.17) is 0 Å².